The molecule has 2 rings (SSSR count). The topological polar surface area (TPSA) is 12.9 Å². The van der Waals surface area contributed by atoms with Crippen LogP contribution in [0.1, 0.15) is 22.4 Å². The number of rotatable bonds is 2. The van der Waals surface area contributed by atoms with E-state index in [4.69, 9.17) is 11.6 Å². The molecule has 1 aromatic heterocycles. The minimum atomic E-state index is -4.33. The molecular weight excluding hydrogens is 275 g/mol. The van der Waals surface area contributed by atoms with Gasteiger partial charge < -0.3 is 0 Å². The summed E-state index contributed by atoms with van der Waals surface area (Å²) >= 11 is 5.71. The zero-order valence-electron chi connectivity index (χ0n) is 10.1. The third-order valence-corrected chi connectivity index (χ3v) is 2.86. The van der Waals surface area contributed by atoms with E-state index in [0.29, 0.717) is 28.3 Å². The number of aryl methyl sites for hydroxylation is 1. The van der Waals surface area contributed by atoms with Crippen LogP contribution in [0.5, 0.6) is 0 Å². The highest BCUT2D eigenvalue weighted by molar-refractivity contribution is 6.30. The first kappa shape index (κ1) is 13.9. The molecule has 0 aliphatic heterocycles. The maximum absolute atomic E-state index is 12.7. The average molecular weight is 286 g/mol. The Balaban J connectivity index is 2.30. The van der Waals surface area contributed by atoms with E-state index in [1.165, 1.54) is 6.20 Å². The molecule has 1 aromatic carbocycles. The van der Waals surface area contributed by atoms with E-state index in [1.807, 2.05) is 0 Å². The van der Waals surface area contributed by atoms with E-state index in [-0.39, 0.29) is 0 Å². The molecule has 0 fully saturated rings. The lowest BCUT2D eigenvalue weighted by Gasteiger charge is -2.10. The summed E-state index contributed by atoms with van der Waals surface area (Å²) < 4.78 is 38.1. The second kappa shape index (κ2) is 5.21. The van der Waals surface area contributed by atoms with Gasteiger partial charge >= 0.3 is 6.18 Å². The molecular formula is C14H11ClF3N. The van der Waals surface area contributed by atoms with Crippen LogP contribution in [0.25, 0.3) is 0 Å². The molecule has 0 aliphatic rings. The van der Waals surface area contributed by atoms with E-state index >= 15 is 0 Å². The summed E-state index contributed by atoms with van der Waals surface area (Å²) in [6, 6.07) is 7.40. The molecule has 0 unspecified atom stereocenters. The van der Waals surface area contributed by atoms with Gasteiger partial charge in [0.05, 0.1) is 10.6 Å². The Morgan fingerprint density at radius 2 is 1.89 bits per heavy atom. The summed E-state index contributed by atoms with van der Waals surface area (Å²) in [5.41, 5.74) is 1.22. The molecule has 0 saturated carbocycles. The monoisotopic (exact) mass is 285 g/mol. The highest BCUT2D eigenvalue weighted by Gasteiger charge is 2.30. The van der Waals surface area contributed by atoms with E-state index in [1.54, 1.807) is 25.1 Å². The van der Waals surface area contributed by atoms with Gasteiger partial charge in [0.2, 0.25) is 0 Å². The maximum atomic E-state index is 12.7. The fourth-order valence-corrected chi connectivity index (χ4v) is 1.96. The van der Waals surface area contributed by atoms with Crippen molar-refractivity contribution in [2.24, 2.45) is 0 Å². The third kappa shape index (κ3) is 3.70. The molecule has 1 heterocycles. The number of alkyl halides is 3. The first-order chi connectivity index (χ1) is 8.84. The normalized spacial score (nSPS) is 11.6. The Labute approximate surface area is 114 Å². The van der Waals surface area contributed by atoms with Crippen LogP contribution in [-0.2, 0) is 12.6 Å². The van der Waals surface area contributed by atoms with Crippen LogP contribution in [0.2, 0.25) is 5.02 Å². The van der Waals surface area contributed by atoms with Crippen molar-refractivity contribution in [3.05, 3.63) is 63.9 Å². The van der Waals surface area contributed by atoms with E-state index < -0.39 is 11.7 Å². The number of pyridine rings is 1. The van der Waals surface area contributed by atoms with Crippen molar-refractivity contribution < 1.29 is 13.2 Å². The third-order valence-electron chi connectivity index (χ3n) is 2.64. The average Bonchev–Trinajstić information content (AvgIpc) is 2.30. The number of nitrogens with zero attached hydrogens (tertiary/aromatic N) is 1. The molecule has 1 nitrogen and oxygen atoms in total. The molecule has 19 heavy (non-hydrogen) atoms. The van der Waals surface area contributed by atoms with Crippen LogP contribution in [0.4, 0.5) is 13.2 Å². The molecule has 0 bridgehead atoms. The van der Waals surface area contributed by atoms with Crippen molar-refractivity contribution in [1.82, 2.24) is 4.98 Å². The SMILES string of the molecule is Cc1cc(Cc2ccc(Cl)cn2)cc(C(F)(F)F)c1. The Morgan fingerprint density at radius 3 is 2.47 bits per heavy atom. The van der Waals surface area contributed by atoms with Crippen LogP contribution in [0.15, 0.2) is 36.5 Å². The highest BCUT2D eigenvalue weighted by Crippen LogP contribution is 2.31. The fourth-order valence-electron chi connectivity index (χ4n) is 1.85. The van der Waals surface area contributed by atoms with Crippen LogP contribution in [0, 0.1) is 6.92 Å². The Bertz CT molecular complexity index is 576. The zero-order valence-corrected chi connectivity index (χ0v) is 10.9. The van der Waals surface area contributed by atoms with Gasteiger partial charge in [-0.15, -0.1) is 0 Å². The molecule has 0 saturated heterocycles. The summed E-state index contributed by atoms with van der Waals surface area (Å²) in [5.74, 6) is 0. The van der Waals surface area contributed by atoms with E-state index in [2.05, 4.69) is 4.98 Å². The van der Waals surface area contributed by atoms with Gasteiger partial charge in [0.25, 0.3) is 0 Å². The Kier molecular flexibility index (Phi) is 3.80. The van der Waals surface area contributed by atoms with E-state index in [9.17, 15) is 13.2 Å². The number of benzene rings is 1. The summed E-state index contributed by atoms with van der Waals surface area (Å²) in [4.78, 5) is 4.08. The van der Waals surface area contributed by atoms with Crippen LogP contribution < -0.4 is 0 Å². The maximum Gasteiger partial charge on any atom is 0.416 e. The fraction of sp³-hybridized carbons (Fsp3) is 0.214. The van der Waals surface area contributed by atoms with Gasteiger partial charge in [-0.05, 0) is 36.8 Å². The molecule has 0 radical (unpaired) electrons. The summed E-state index contributed by atoms with van der Waals surface area (Å²) in [6.45, 7) is 1.65. The van der Waals surface area contributed by atoms with Gasteiger partial charge in [-0.1, -0.05) is 23.2 Å². The lowest BCUT2D eigenvalue weighted by Crippen LogP contribution is -2.06. The molecule has 0 amide bonds. The largest absolute Gasteiger partial charge is 0.416 e. The van der Waals surface area contributed by atoms with Crippen LogP contribution in [-0.4, -0.2) is 4.98 Å². The highest BCUT2D eigenvalue weighted by atomic mass is 35.5. The Hall–Kier alpha value is -1.55. The summed E-state index contributed by atoms with van der Waals surface area (Å²) in [6.07, 6.45) is -2.49. The second-order valence-corrected chi connectivity index (χ2v) is 4.79. The minimum absolute atomic E-state index is 0.349. The van der Waals surface area contributed by atoms with Crippen molar-refractivity contribution >= 4 is 11.6 Å². The van der Waals surface area contributed by atoms with Crippen molar-refractivity contribution in [3.63, 3.8) is 0 Å². The molecule has 0 atom stereocenters. The number of halogens is 4. The molecule has 2 aromatic rings. The quantitative estimate of drug-likeness (QED) is 0.782. The van der Waals surface area contributed by atoms with Gasteiger partial charge in [-0.25, -0.2) is 0 Å². The van der Waals surface area contributed by atoms with Crippen LogP contribution in [0.3, 0.4) is 0 Å². The summed E-state index contributed by atoms with van der Waals surface area (Å²) in [7, 11) is 0. The van der Waals surface area contributed by atoms with Gasteiger partial charge in [0.1, 0.15) is 0 Å². The lowest BCUT2D eigenvalue weighted by molar-refractivity contribution is -0.137. The van der Waals surface area contributed by atoms with Gasteiger partial charge in [-0.3, -0.25) is 4.98 Å². The molecule has 0 spiro atoms. The smallest absolute Gasteiger partial charge is 0.259 e. The van der Waals surface area contributed by atoms with Gasteiger partial charge in [0.15, 0.2) is 0 Å². The van der Waals surface area contributed by atoms with Gasteiger partial charge in [-0.2, -0.15) is 13.2 Å². The van der Waals surface area contributed by atoms with Crippen molar-refractivity contribution in [2.45, 2.75) is 19.5 Å². The lowest BCUT2D eigenvalue weighted by atomic mass is 10.0. The van der Waals surface area contributed by atoms with Crippen molar-refractivity contribution in [2.75, 3.05) is 0 Å². The van der Waals surface area contributed by atoms with Crippen molar-refractivity contribution in [3.8, 4) is 0 Å². The number of aromatic nitrogens is 1. The zero-order chi connectivity index (χ0) is 14.0. The molecule has 0 N–H and O–H groups in total. The summed E-state index contributed by atoms with van der Waals surface area (Å²) in [5, 5.41) is 0.504. The van der Waals surface area contributed by atoms with E-state index in [0.717, 1.165) is 12.1 Å². The Morgan fingerprint density at radius 1 is 1.16 bits per heavy atom. The molecule has 100 valence electrons. The first-order valence-corrected chi connectivity index (χ1v) is 6.00. The predicted octanol–water partition coefficient (Wildman–Crippen LogP) is 4.65. The second-order valence-electron chi connectivity index (χ2n) is 4.35. The molecule has 5 heteroatoms. The number of hydrogen-bond donors (Lipinski definition) is 0. The van der Waals surface area contributed by atoms with Crippen LogP contribution >= 0.6 is 11.6 Å². The van der Waals surface area contributed by atoms with Gasteiger partial charge in [0, 0.05) is 18.3 Å². The first-order valence-electron chi connectivity index (χ1n) is 5.63. The predicted molar refractivity (Wildman–Crippen MR) is 68.2 cm³/mol. The minimum Gasteiger partial charge on any atom is -0.259 e. The van der Waals surface area contributed by atoms with Crippen molar-refractivity contribution in [1.29, 1.82) is 0 Å². The molecule has 0 aliphatic carbocycles. The number of hydrogen-bond acceptors (Lipinski definition) is 1. The standard InChI is InChI=1S/C14H11ClF3N/c1-9-4-10(6-11(5-9)14(16,17)18)7-13-3-2-12(15)8-19-13/h2-6,8H,7H2,1H3.